The number of nitrogens with zero attached hydrogens (tertiary/aromatic N) is 3. The lowest BCUT2D eigenvalue weighted by molar-refractivity contribution is 0.0950. The Kier molecular flexibility index (Phi) is 6.27. The molecule has 2 aromatic heterocycles. The summed E-state index contributed by atoms with van der Waals surface area (Å²) in [4.78, 5) is 19.9. The zero-order chi connectivity index (χ0) is 21.8. The summed E-state index contributed by atoms with van der Waals surface area (Å²) in [5.41, 5.74) is 3.37. The van der Waals surface area contributed by atoms with Gasteiger partial charge in [-0.25, -0.2) is 4.98 Å². The number of fused-ring (bicyclic) bond motifs is 2. The van der Waals surface area contributed by atoms with Gasteiger partial charge in [-0.3, -0.25) is 9.20 Å². The first-order valence-electron chi connectivity index (χ1n) is 10.6. The smallest absolute Gasteiger partial charge is 0.253 e. The Balaban J connectivity index is 1.56. The number of pyridine rings is 1. The van der Waals surface area contributed by atoms with Crippen molar-refractivity contribution in [3.63, 3.8) is 0 Å². The molecule has 1 N–H and O–H groups in total. The highest BCUT2D eigenvalue weighted by Gasteiger charge is 2.18. The molecule has 0 bridgehead atoms. The third-order valence-electron chi connectivity index (χ3n) is 5.40. The molecule has 0 unspecified atom stereocenters. The lowest BCUT2D eigenvalue weighted by Gasteiger charge is -2.23. The number of nitrogens with one attached hydrogen (secondary N) is 1. The van der Waals surface area contributed by atoms with E-state index < -0.39 is 0 Å². The van der Waals surface area contributed by atoms with E-state index in [1.54, 1.807) is 7.11 Å². The number of carbonyl (C=O) groups is 1. The molecule has 0 spiro atoms. The van der Waals surface area contributed by atoms with Crippen LogP contribution in [0.15, 0.2) is 36.5 Å². The number of benzene rings is 1. The molecule has 31 heavy (non-hydrogen) atoms. The second kappa shape index (κ2) is 9.26. The molecule has 164 valence electrons. The van der Waals surface area contributed by atoms with Gasteiger partial charge >= 0.3 is 0 Å². The topological polar surface area (TPSA) is 77.3 Å². The summed E-state index contributed by atoms with van der Waals surface area (Å²) < 4.78 is 18.0. The van der Waals surface area contributed by atoms with Crippen molar-refractivity contribution in [2.24, 2.45) is 0 Å². The maximum atomic E-state index is 12.9. The Morgan fingerprint density at radius 2 is 2.06 bits per heavy atom. The summed E-state index contributed by atoms with van der Waals surface area (Å²) in [5, 5.41) is 2.99. The summed E-state index contributed by atoms with van der Waals surface area (Å²) in [5.74, 6) is 2.31. The first-order chi connectivity index (χ1) is 15.1. The van der Waals surface area contributed by atoms with Crippen LogP contribution in [-0.4, -0.2) is 48.9 Å². The van der Waals surface area contributed by atoms with Crippen LogP contribution >= 0.6 is 0 Å². The molecule has 1 amide bonds. The summed E-state index contributed by atoms with van der Waals surface area (Å²) in [7, 11) is 1.70. The number of anilines is 1. The highest BCUT2D eigenvalue weighted by molar-refractivity contribution is 5.94. The molecule has 0 saturated carbocycles. The van der Waals surface area contributed by atoms with Crippen LogP contribution in [-0.2, 0) is 17.7 Å². The van der Waals surface area contributed by atoms with E-state index in [4.69, 9.17) is 19.2 Å². The maximum Gasteiger partial charge on any atom is 0.253 e. The molecule has 0 saturated heterocycles. The number of carbonyl (C=O) groups excluding carboxylic acids is 1. The molecule has 3 heterocycles. The molecule has 3 aromatic rings. The van der Waals surface area contributed by atoms with E-state index in [2.05, 4.69) is 24.1 Å². The number of hydrogen-bond donors (Lipinski definition) is 1. The van der Waals surface area contributed by atoms with Crippen molar-refractivity contribution in [1.82, 2.24) is 14.7 Å². The molecule has 0 atom stereocenters. The van der Waals surface area contributed by atoms with Gasteiger partial charge < -0.3 is 24.4 Å². The predicted octanol–water partition coefficient (Wildman–Crippen LogP) is 3.03. The van der Waals surface area contributed by atoms with E-state index in [1.165, 1.54) is 0 Å². The Morgan fingerprint density at radius 1 is 1.23 bits per heavy atom. The summed E-state index contributed by atoms with van der Waals surface area (Å²) in [6.45, 7) is 7.04. The molecular formula is C23H28N4O4. The number of rotatable bonds is 9. The average Bonchev–Trinajstić information content (AvgIpc) is 3.41. The SMILES string of the molecule is CCc1nc2ccc(C(=O)NCc3ccc4c(c3)OCO4)cn2c1N(CC)CCOC. The van der Waals surface area contributed by atoms with Crippen molar-refractivity contribution in [3.8, 4) is 11.5 Å². The van der Waals surface area contributed by atoms with E-state index in [0.29, 0.717) is 24.5 Å². The van der Waals surface area contributed by atoms with Gasteiger partial charge in [-0.1, -0.05) is 13.0 Å². The number of aryl methyl sites for hydroxylation is 1. The largest absolute Gasteiger partial charge is 0.454 e. The van der Waals surface area contributed by atoms with Crippen molar-refractivity contribution in [2.45, 2.75) is 26.8 Å². The van der Waals surface area contributed by atoms with E-state index in [1.807, 2.05) is 40.9 Å². The number of likely N-dealkylation sites (N-methyl/N-ethyl adjacent to an activating group) is 1. The van der Waals surface area contributed by atoms with Gasteiger partial charge in [0.15, 0.2) is 11.5 Å². The standard InChI is InChI=1S/C23H28N4O4/c1-4-18-23(26(5-2)10-11-29-3)27-14-17(7-9-21(27)25-18)22(28)24-13-16-6-8-19-20(12-16)31-15-30-19/h6-9,12,14H,4-5,10-11,13,15H2,1-3H3,(H,24,28). The van der Waals surface area contributed by atoms with Crippen LogP contribution in [0, 0.1) is 0 Å². The van der Waals surface area contributed by atoms with Gasteiger partial charge in [0.1, 0.15) is 11.5 Å². The van der Waals surface area contributed by atoms with Crippen LogP contribution in [0.5, 0.6) is 11.5 Å². The number of ether oxygens (including phenoxy) is 3. The molecule has 8 heteroatoms. The third-order valence-corrected chi connectivity index (χ3v) is 5.40. The van der Waals surface area contributed by atoms with Gasteiger partial charge in [0, 0.05) is 32.9 Å². The fourth-order valence-corrected chi connectivity index (χ4v) is 3.74. The third kappa shape index (κ3) is 4.29. The first-order valence-corrected chi connectivity index (χ1v) is 10.6. The Hall–Kier alpha value is -3.26. The minimum atomic E-state index is -0.141. The highest BCUT2D eigenvalue weighted by Crippen LogP contribution is 2.32. The van der Waals surface area contributed by atoms with Gasteiger partial charge in [0.05, 0.1) is 17.9 Å². The van der Waals surface area contributed by atoms with Crippen LogP contribution in [0.1, 0.15) is 35.5 Å². The monoisotopic (exact) mass is 424 g/mol. The minimum absolute atomic E-state index is 0.141. The number of methoxy groups -OCH3 is 1. The second-order valence-corrected chi connectivity index (χ2v) is 7.32. The number of aromatic nitrogens is 2. The molecule has 0 radical (unpaired) electrons. The Morgan fingerprint density at radius 3 is 2.84 bits per heavy atom. The molecule has 1 aliphatic heterocycles. The summed E-state index contributed by atoms with van der Waals surface area (Å²) in [6, 6.07) is 9.38. The molecule has 1 aromatic carbocycles. The lowest BCUT2D eigenvalue weighted by Crippen LogP contribution is -2.29. The van der Waals surface area contributed by atoms with E-state index in [0.717, 1.165) is 48.0 Å². The van der Waals surface area contributed by atoms with Crippen LogP contribution in [0.25, 0.3) is 5.65 Å². The van der Waals surface area contributed by atoms with Gasteiger partial charge in [-0.15, -0.1) is 0 Å². The fourth-order valence-electron chi connectivity index (χ4n) is 3.74. The van der Waals surface area contributed by atoms with Crippen LogP contribution < -0.4 is 19.7 Å². The maximum absolute atomic E-state index is 12.9. The van der Waals surface area contributed by atoms with E-state index >= 15 is 0 Å². The van der Waals surface area contributed by atoms with Crippen molar-refractivity contribution >= 4 is 17.4 Å². The van der Waals surface area contributed by atoms with E-state index in [9.17, 15) is 4.79 Å². The predicted molar refractivity (Wildman–Crippen MR) is 118 cm³/mol. The lowest BCUT2D eigenvalue weighted by atomic mass is 10.2. The van der Waals surface area contributed by atoms with Crippen molar-refractivity contribution in [2.75, 3.05) is 38.5 Å². The molecule has 1 aliphatic rings. The van der Waals surface area contributed by atoms with Crippen molar-refractivity contribution < 1.29 is 19.0 Å². The van der Waals surface area contributed by atoms with Gasteiger partial charge in [-0.05, 0) is 43.2 Å². The molecule has 4 rings (SSSR count). The zero-order valence-corrected chi connectivity index (χ0v) is 18.2. The van der Waals surface area contributed by atoms with Crippen molar-refractivity contribution in [3.05, 3.63) is 53.3 Å². The second-order valence-electron chi connectivity index (χ2n) is 7.32. The zero-order valence-electron chi connectivity index (χ0n) is 18.2. The van der Waals surface area contributed by atoms with Gasteiger partial charge in [0.2, 0.25) is 6.79 Å². The summed E-state index contributed by atoms with van der Waals surface area (Å²) in [6.07, 6.45) is 2.67. The number of imidazole rings is 1. The first kappa shape index (κ1) is 21.0. The average molecular weight is 425 g/mol. The van der Waals surface area contributed by atoms with Crippen molar-refractivity contribution in [1.29, 1.82) is 0 Å². The molecule has 0 fully saturated rings. The van der Waals surface area contributed by atoms with E-state index in [-0.39, 0.29) is 12.7 Å². The normalized spacial score (nSPS) is 12.4. The minimum Gasteiger partial charge on any atom is -0.454 e. The number of amides is 1. The summed E-state index contributed by atoms with van der Waals surface area (Å²) >= 11 is 0. The molecular weight excluding hydrogens is 396 g/mol. The van der Waals surface area contributed by atoms with Gasteiger partial charge in [-0.2, -0.15) is 0 Å². The highest BCUT2D eigenvalue weighted by atomic mass is 16.7. The van der Waals surface area contributed by atoms with Crippen LogP contribution in [0.3, 0.4) is 0 Å². The molecule has 0 aliphatic carbocycles. The molecule has 8 nitrogen and oxygen atoms in total. The fraction of sp³-hybridized carbons (Fsp3) is 0.391. The van der Waals surface area contributed by atoms with Gasteiger partial charge in [0.25, 0.3) is 5.91 Å². The number of hydrogen-bond acceptors (Lipinski definition) is 6. The Labute approximate surface area is 181 Å². The van der Waals surface area contributed by atoms with Crippen LogP contribution in [0.2, 0.25) is 0 Å². The quantitative estimate of drug-likeness (QED) is 0.569. The van der Waals surface area contributed by atoms with Crippen LogP contribution in [0.4, 0.5) is 5.82 Å². The Bertz CT molecular complexity index is 1080.